The maximum absolute atomic E-state index is 11.6. The number of nitrogens with one attached hydrogen (secondary N) is 3. The van der Waals surface area contributed by atoms with Crippen molar-refractivity contribution in [2.24, 2.45) is 0 Å². The zero-order valence-corrected chi connectivity index (χ0v) is 13.4. The van der Waals surface area contributed by atoms with Crippen LogP contribution in [0.1, 0.15) is 31.1 Å². The van der Waals surface area contributed by atoms with Crippen molar-refractivity contribution in [1.82, 2.24) is 10.3 Å². The van der Waals surface area contributed by atoms with Gasteiger partial charge in [-0.05, 0) is 45.0 Å². The molecule has 2 aromatic rings. The summed E-state index contributed by atoms with van der Waals surface area (Å²) >= 11 is 0. The van der Waals surface area contributed by atoms with Crippen LogP contribution in [0.2, 0.25) is 0 Å². The van der Waals surface area contributed by atoms with E-state index in [0.717, 1.165) is 5.69 Å². The topological polar surface area (TPSA) is 83.1 Å². The highest BCUT2D eigenvalue weighted by Crippen LogP contribution is 2.17. The van der Waals surface area contributed by atoms with E-state index < -0.39 is 0 Å². The maximum atomic E-state index is 11.6. The van der Waals surface area contributed by atoms with Gasteiger partial charge < -0.3 is 16.0 Å². The number of anilines is 3. The van der Waals surface area contributed by atoms with Gasteiger partial charge in [0.2, 0.25) is 0 Å². The Kier molecular flexibility index (Phi) is 5.30. The molecular formula is C17H20N4O2. The summed E-state index contributed by atoms with van der Waals surface area (Å²) in [6, 6.07) is 10.5. The van der Waals surface area contributed by atoms with Crippen LogP contribution in [0, 0.1) is 0 Å². The second kappa shape index (κ2) is 7.40. The number of carbonyl (C=O) groups excluding carboxylic acids is 2. The number of benzene rings is 1. The van der Waals surface area contributed by atoms with Gasteiger partial charge in [0.15, 0.2) is 5.78 Å². The zero-order valence-electron chi connectivity index (χ0n) is 13.4. The summed E-state index contributed by atoms with van der Waals surface area (Å²) in [6.07, 6.45) is 1.57. The third kappa shape index (κ3) is 5.10. The number of carbonyl (C=O) groups is 2. The summed E-state index contributed by atoms with van der Waals surface area (Å²) in [7, 11) is 0. The standard InChI is InChI=1S/C17H20N4O2/c1-11(2)19-17(23)21-15-7-8-16(18-10-15)20-14-6-4-5-13(9-14)12(3)22/h4-11H,1-3H3,(H,18,20)(H2,19,21,23). The lowest BCUT2D eigenvalue weighted by Crippen LogP contribution is -2.34. The number of amides is 2. The van der Waals surface area contributed by atoms with Crippen molar-refractivity contribution < 1.29 is 9.59 Å². The van der Waals surface area contributed by atoms with Gasteiger partial charge in [-0.3, -0.25) is 4.79 Å². The Morgan fingerprint density at radius 3 is 2.48 bits per heavy atom. The number of nitrogens with zero attached hydrogens (tertiary/aromatic N) is 1. The molecule has 2 amide bonds. The first-order chi connectivity index (χ1) is 10.9. The summed E-state index contributed by atoms with van der Waals surface area (Å²) in [5.74, 6) is 0.637. The second-order valence-electron chi connectivity index (χ2n) is 5.45. The monoisotopic (exact) mass is 312 g/mol. The summed E-state index contributed by atoms with van der Waals surface area (Å²) in [5.41, 5.74) is 2.02. The molecule has 3 N–H and O–H groups in total. The molecule has 6 nitrogen and oxygen atoms in total. The second-order valence-corrected chi connectivity index (χ2v) is 5.45. The predicted molar refractivity (Wildman–Crippen MR) is 91.3 cm³/mol. The molecule has 120 valence electrons. The van der Waals surface area contributed by atoms with Crippen LogP contribution in [0.4, 0.5) is 22.0 Å². The van der Waals surface area contributed by atoms with Gasteiger partial charge in [-0.25, -0.2) is 9.78 Å². The van der Waals surface area contributed by atoms with Gasteiger partial charge in [0.25, 0.3) is 0 Å². The number of aromatic nitrogens is 1. The van der Waals surface area contributed by atoms with Gasteiger partial charge in [0.05, 0.1) is 11.9 Å². The molecule has 0 aliphatic heterocycles. The molecule has 0 spiro atoms. The van der Waals surface area contributed by atoms with Crippen LogP contribution in [0.25, 0.3) is 0 Å². The number of pyridine rings is 1. The number of ketones is 1. The third-order valence-corrected chi connectivity index (χ3v) is 2.98. The molecule has 1 heterocycles. The first kappa shape index (κ1) is 16.5. The first-order valence-corrected chi connectivity index (χ1v) is 7.35. The SMILES string of the molecule is CC(=O)c1cccc(Nc2ccc(NC(=O)NC(C)C)cn2)c1. The van der Waals surface area contributed by atoms with Crippen molar-refractivity contribution in [3.05, 3.63) is 48.2 Å². The van der Waals surface area contributed by atoms with Crippen molar-refractivity contribution in [3.8, 4) is 0 Å². The molecule has 0 saturated heterocycles. The maximum Gasteiger partial charge on any atom is 0.319 e. The quantitative estimate of drug-likeness (QED) is 0.737. The lowest BCUT2D eigenvalue weighted by molar-refractivity contribution is 0.101. The number of rotatable bonds is 5. The molecule has 0 aliphatic carbocycles. The average molecular weight is 312 g/mol. The van der Waals surface area contributed by atoms with Crippen LogP contribution < -0.4 is 16.0 Å². The molecule has 6 heteroatoms. The Morgan fingerprint density at radius 1 is 1.09 bits per heavy atom. The molecule has 1 aromatic heterocycles. The molecule has 0 unspecified atom stereocenters. The molecular weight excluding hydrogens is 292 g/mol. The van der Waals surface area contributed by atoms with Gasteiger partial charge >= 0.3 is 6.03 Å². The van der Waals surface area contributed by atoms with Crippen LogP contribution in [0.15, 0.2) is 42.6 Å². The fourth-order valence-corrected chi connectivity index (χ4v) is 1.93. The van der Waals surface area contributed by atoms with Gasteiger partial charge in [-0.1, -0.05) is 12.1 Å². The third-order valence-electron chi connectivity index (χ3n) is 2.98. The number of Topliss-reactive ketones (excluding diaryl/α,β-unsaturated/α-hetero) is 1. The van der Waals surface area contributed by atoms with Gasteiger partial charge in [0, 0.05) is 17.3 Å². The summed E-state index contributed by atoms with van der Waals surface area (Å²) in [6.45, 7) is 5.31. The Labute approximate surface area is 135 Å². The number of hydrogen-bond donors (Lipinski definition) is 3. The van der Waals surface area contributed by atoms with Gasteiger partial charge in [0.1, 0.15) is 5.82 Å². The largest absolute Gasteiger partial charge is 0.340 e. The van der Waals surface area contributed by atoms with Crippen LogP contribution in [-0.4, -0.2) is 22.8 Å². The Hall–Kier alpha value is -2.89. The Bertz CT molecular complexity index is 696. The molecule has 0 bridgehead atoms. The number of hydrogen-bond acceptors (Lipinski definition) is 4. The van der Waals surface area contributed by atoms with Crippen molar-refractivity contribution in [3.63, 3.8) is 0 Å². The summed E-state index contributed by atoms with van der Waals surface area (Å²) in [4.78, 5) is 27.2. The van der Waals surface area contributed by atoms with E-state index in [2.05, 4.69) is 20.9 Å². The molecule has 23 heavy (non-hydrogen) atoms. The summed E-state index contributed by atoms with van der Waals surface area (Å²) in [5, 5.41) is 8.56. The van der Waals surface area contributed by atoms with E-state index in [1.165, 1.54) is 6.92 Å². The van der Waals surface area contributed by atoms with E-state index in [1.54, 1.807) is 30.5 Å². The molecule has 0 fully saturated rings. The van der Waals surface area contributed by atoms with E-state index in [4.69, 9.17) is 0 Å². The Balaban J connectivity index is 2.01. The predicted octanol–water partition coefficient (Wildman–Crippen LogP) is 3.56. The van der Waals surface area contributed by atoms with Gasteiger partial charge in [-0.15, -0.1) is 0 Å². The lowest BCUT2D eigenvalue weighted by Gasteiger charge is -2.11. The molecule has 2 rings (SSSR count). The molecule has 0 saturated carbocycles. The van der Waals surface area contributed by atoms with Crippen LogP contribution in [0.3, 0.4) is 0 Å². The minimum absolute atomic E-state index is 0.0114. The normalized spacial score (nSPS) is 10.3. The van der Waals surface area contributed by atoms with Gasteiger partial charge in [-0.2, -0.15) is 0 Å². The lowest BCUT2D eigenvalue weighted by atomic mass is 10.1. The van der Waals surface area contributed by atoms with Crippen LogP contribution >= 0.6 is 0 Å². The fourth-order valence-electron chi connectivity index (χ4n) is 1.93. The zero-order chi connectivity index (χ0) is 16.8. The highest BCUT2D eigenvalue weighted by atomic mass is 16.2. The van der Waals surface area contributed by atoms with E-state index in [-0.39, 0.29) is 17.9 Å². The van der Waals surface area contributed by atoms with E-state index in [0.29, 0.717) is 17.1 Å². The molecule has 0 aliphatic rings. The fraction of sp³-hybridized carbons (Fsp3) is 0.235. The van der Waals surface area contributed by atoms with Crippen LogP contribution in [-0.2, 0) is 0 Å². The highest BCUT2D eigenvalue weighted by molar-refractivity contribution is 5.95. The summed E-state index contributed by atoms with van der Waals surface area (Å²) < 4.78 is 0. The van der Waals surface area contributed by atoms with E-state index >= 15 is 0 Å². The molecule has 1 aromatic carbocycles. The van der Waals surface area contributed by atoms with E-state index in [9.17, 15) is 9.59 Å². The minimum atomic E-state index is -0.267. The van der Waals surface area contributed by atoms with Crippen molar-refractivity contribution in [2.45, 2.75) is 26.8 Å². The van der Waals surface area contributed by atoms with Crippen LogP contribution in [0.5, 0.6) is 0 Å². The van der Waals surface area contributed by atoms with Crippen molar-refractivity contribution in [2.75, 3.05) is 10.6 Å². The highest BCUT2D eigenvalue weighted by Gasteiger charge is 2.05. The van der Waals surface area contributed by atoms with Crippen molar-refractivity contribution >= 4 is 29.0 Å². The average Bonchev–Trinajstić information content (AvgIpc) is 2.48. The van der Waals surface area contributed by atoms with E-state index in [1.807, 2.05) is 26.0 Å². The first-order valence-electron chi connectivity index (χ1n) is 7.35. The number of urea groups is 1. The molecule has 0 atom stereocenters. The smallest absolute Gasteiger partial charge is 0.319 e. The Morgan fingerprint density at radius 2 is 1.87 bits per heavy atom. The molecule has 0 radical (unpaired) electrons. The minimum Gasteiger partial charge on any atom is -0.340 e. The van der Waals surface area contributed by atoms with Crippen molar-refractivity contribution in [1.29, 1.82) is 0 Å².